The molecule has 0 aliphatic carbocycles. The SMILES string of the molecule is NC(=O)c1cc([N+](=O)[O-])cnc1N1CCC(Cn2ccnn2)CC1. The lowest BCUT2D eigenvalue weighted by Crippen LogP contribution is -2.37. The number of nitro groups is 1. The second-order valence-electron chi connectivity index (χ2n) is 5.74. The van der Waals surface area contributed by atoms with Crippen LogP contribution in [0.25, 0.3) is 0 Å². The van der Waals surface area contributed by atoms with Gasteiger partial charge in [-0.1, -0.05) is 5.21 Å². The van der Waals surface area contributed by atoms with E-state index < -0.39 is 10.8 Å². The molecular formula is C14H17N7O3. The number of aromatic nitrogens is 4. The maximum Gasteiger partial charge on any atom is 0.288 e. The lowest BCUT2D eigenvalue weighted by atomic mass is 9.96. The van der Waals surface area contributed by atoms with E-state index in [-0.39, 0.29) is 11.3 Å². The van der Waals surface area contributed by atoms with Crippen LogP contribution in [0.1, 0.15) is 23.2 Å². The van der Waals surface area contributed by atoms with Crippen molar-refractivity contribution >= 4 is 17.4 Å². The van der Waals surface area contributed by atoms with Gasteiger partial charge in [-0.25, -0.2) is 4.98 Å². The normalized spacial score (nSPS) is 15.4. The van der Waals surface area contributed by atoms with Crippen molar-refractivity contribution in [3.05, 3.63) is 40.3 Å². The molecule has 0 saturated carbocycles. The van der Waals surface area contributed by atoms with Crippen molar-refractivity contribution in [2.75, 3.05) is 18.0 Å². The van der Waals surface area contributed by atoms with E-state index in [1.807, 2.05) is 11.1 Å². The number of primary amides is 1. The quantitative estimate of drug-likeness (QED) is 0.626. The highest BCUT2D eigenvalue weighted by Gasteiger charge is 2.25. The van der Waals surface area contributed by atoms with Crippen LogP contribution in [0.4, 0.5) is 11.5 Å². The summed E-state index contributed by atoms with van der Waals surface area (Å²) in [6.45, 7) is 2.19. The van der Waals surface area contributed by atoms with E-state index in [4.69, 9.17) is 5.73 Å². The lowest BCUT2D eigenvalue weighted by molar-refractivity contribution is -0.385. The fraction of sp³-hybridized carbons (Fsp3) is 0.429. The first-order valence-electron chi connectivity index (χ1n) is 7.58. The number of hydrogen-bond donors (Lipinski definition) is 1. The van der Waals surface area contributed by atoms with Gasteiger partial charge in [0.15, 0.2) is 0 Å². The van der Waals surface area contributed by atoms with Crippen molar-refractivity contribution in [3.8, 4) is 0 Å². The first-order chi connectivity index (χ1) is 11.5. The minimum Gasteiger partial charge on any atom is -0.365 e. The number of carbonyl (C=O) groups is 1. The van der Waals surface area contributed by atoms with Crippen molar-refractivity contribution in [3.63, 3.8) is 0 Å². The van der Waals surface area contributed by atoms with E-state index in [1.165, 1.54) is 6.07 Å². The van der Waals surface area contributed by atoms with Crippen molar-refractivity contribution in [1.29, 1.82) is 0 Å². The predicted molar refractivity (Wildman–Crippen MR) is 84.4 cm³/mol. The number of piperidine rings is 1. The standard InChI is InChI=1S/C14H17N7O3/c15-13(22)12-7-11(21(23)24)8-16-14(12)19-4-1-10(2-5-19)9-20-6-3-17-18-20/h3,6-8,10H,1-2,4-5,9H2,(H2,15,22). The van der Waals surface area contributed by atoms with Gasteiger partial charge in [0.2, 0.25) is 0 Å². The molecule has 2 N–H and O–H groups in total. The maximum atomic E-state index is 11.6. The topological polar surface area (TPSA) is 133 Å². The maximum absolute atomic E-state index is 11.6. The zero-order valence-electron chi connectivity index (χ0n) is 12.9. The van der Waals surface area contributed by atoms with Gasteiger partial charge in [-0.05, 0) is 18.8 Å². The molecule has 2 aromatic heterocycles. The molecule has 1 fully saturated rings. The Morgan fingerprint density at radius 2 is 2.17 bits per heavy atom. The van der Waals surface area contributed by atoms with Gasteiger partial charge in [0.25, 0.3) is 11.6 Å². The van der Waals surface area contributed by atoms with E-state index in [0.29, 0.717) is 24.8 Å². The number of carbonyl (C=O) groups excluding carboxylic acids is 1. The van der Waals surface area contributed by atoms with Gasteiger partial charge in [-0.15, -0.1) is 5.10 Å². The second-order valence-corrected chi connectivity index (χ2v) is 5.74. The first-order valence-corrected chi connectivity index (χ1v) is 7.58. The molecule has 1 saturated heterocycles. The Hall–Kier alpha value is -3.04. The second kappa shape index (κ2) is 6.60. The van der Waals surface area contributed by atoms with E-state index in [9.17, 15) is 14.9 Å². The first kappa shape index (κ1) is 15.8. The molecule has 126 valence electrons. The summed E-state index contributed by atoms with van der Waals surface area (Å²) >= 11 is 0. The van der Waals surface area contributed by atoms with E-state index >= 15 is 0 Å². The molecule has 0 bridgehead atoms. The van der Waals surface area contributed by atoms with Crippen molar-refractivity contribution in [2.24, 2.45) is 11.7 Å². The molecule has 0 atom stereocenters. The number of nitrogens with zero attached hydrogens (tertiary/aromatic N) is 6. The third-order valence-corrected chi connectivity index (χ3v) is 4.16. The molecule has 0 spiro atoms. The Labute approximate surface area is 137 Å². The largest absolute Gasteiger partial charge is 0.365 e. The molecule has 0 unspecified atom stereocenters. The molecule has 2 aromatic rings. The Kier molecular flexibility index (Phi) is 4.36. The summed E-state index contributed by atoms with van der Waals surface area (Å²) in [5.74, 6) is 0.149. The summed E-state index contributed by atoms with van der Waals surface area (Å²) < 4.78 is 1.80. The summed E-state index contributed by atoms with van der Waals surface area (Å²) in [4.78, 5) is 27.9. The summed E-state index contributed by atoms with van der Waals surface area (Å²) in [6.07, 6.45) is 6.43. The number of rotatable bonds is 5. The van der Waals surface area contributed by atoms with Crippen LogP contribution in [0.5, 0.6) is 0 Å². The van der Waals surface area contributed by atoms with Crippen LogP contribution in [-0.2, 0) is 6.54 Å². The number of hydrogen-bond acceptors (Lipinski definition) is 7. The van der Waals surface area contributed by atoms with Crippen LogP contribution in [0.3, 0.4) is 0 Å². The van der Waals surface area contributed by atoms with Gasteiger partial charge in [-0.2, -0.15) is 0 Å². The summed E-state index contributed by atoms with van der Waals surface area (Å²) in [7, 11) is 0. The molecule has 1 amide bonds. The Balaban J connectivity index is 1.71. The highest BCUT2D eigenvalue weighted by atomic mass is 16.6. The molecular weight excluding hydrogens is 314 g/mol. The molecule has 10 heteroatoms. The lowest BCUT2D eigenvalue weighted by Gasteiger charge is -2.33. The van der Waals surface area contributed by atoms with E-state index in [2.05, 4.69) is 15.3 Å². The van der Waals surface area contributed by atoms with Crippen LogP contribution >= 0.6 is 0 Å². The summed E-state index contributed by atoms with van der Waals surface area (Å²) in [5.41, 5.74) is 5.20. The fourth-order valence-electron chi connectivity index (χ4n) is 2.90. The third kappa shape index (κ3) is 3.31. The van der Waals surface area contributed by atoms with Crippen molar-refractivity contribution in [1.82, 2.24) is 20.0 Å². The van der Waals surface area contributed by atoms with Crippen molar-refractivity contribution < 1.29 is 9.72 Å². The van der Waals surface area contributed by atoms with E-state index in [0.717, 1.165) is 25.6 Å². The summed E-state index contributed by atoms with van der Waals surface area (Å²) in [5, 5.41) is 18.6. The third-order valence-electron chi connectivity index (χ3n) is 4.16. The van der Waals surface area contributed by atoms with E-state index in [1.54, 1.807) is 10.9 Å². The predicted octanol–water partition coefficient (Wildman–Crippen LogP) is 0.597. The zero-order chi connectivity index (χ0) is 17.1. The zero-order valence-corrected chi connectivity index (χ0v) is 12.9. The van der Waals surface area contributed by atoms with Crippen LogP contribution in [0.2, 0.25) is 0 Å². The molecule has 3 rings (SSSR count). The highest BCUT2D eigenvalue weighted by molar-refractivity contribution is 5.98. The van der Waals surface area contributed by atoms with Crippen LogP contribution in [0.15, 0.2) is 24.7 Å². The van der Waals surface area contributed by atoms with Gasteiger partial charge in [0.05, 0.1) is 16.7 Å². The number of pyridine rings is 1. The average Bonchev–Trinajstić information content (AvgIpc) is 3.08. The average molecular weight is 331 g/mol. The van der Waals surface area contributed by atoms with Gasteiger partial charge in [-0.3, -0.25) is 19.6 Å². The summed E-state index contributed by atoms with van der Waals surface area (Å²) in [6, 6.07) is 1.19. The van der Waals surface area contributed by atoms with Gasteiger partial charge < -0.3 is 10.6 Å². The smallest absolute Gasteiger partial charge is 0.288 e. The molecule has 0 radical (unpaired) electrons. The molecule has 10 nitrogen and oxygen atoms in total. The van der Waals surface area contributed by atoms with Gasteiger partial charge >= 0.3 is 0 Å². The molecule has 0 aromatic carbocycles. The molecule has 1 aliphatic heterocycles. The number of amides is 1. The van der Waals surface area contributed by atoms with Crippen LogP contribution < -0.4 is 10.6 Å². The van der Waals surface area contributed by atoms with Crippen LogP contribution in [0, 0.1) is 16.0 Å². The Morgan fingerprint density at radius 3 is 2.75 bits per heavy atom. The number of nitrogens with two attached hydrogens (primary N) is 1. The minimum atomic E-state index is -0.717. The number of anilines is 1. The Morgan fingerprint density at radius 1 is 1.42 bits per heavy atom. The monoisotopic (exact) mass is 331 g/mol. The molecule has 3 heterocycles. The Bertz CT molecular complexity index is 739. The van der Waals surface area contributed by atoms with Gasteiger partial charge in [0, 0.05) is 31.9 Å². The molecule has 1 aliphatic rings. The van der Waals surface area contributed by atoms with Crippen molar-refractivity contribution in [2.45, 2.75) is 19.4 Å². The van der Waals surface area contributed by atoms with Crippen LogP contribution in [-0.4, -0.2) is 43.9 Å². The molecule has 24 heavy (non-hydrogen) atoms. The highest BCUT2D eigenvalue weighted by Crippen LogP contribution is 2.27. The minimum absolute atomic E-state index is 0.0823. The van der Waals surface area contributed by atoms with Gasteiger partial charge in [0.1, 0.15) is 12.0 Å². The fourth-order valence-corrected chi connectivity index (χ4v) is 2.90.